The van der Waals surface area contributed by atoms with Gasteiger partial charge >= 0.3 is 0 Å². The second kappa shape index (κ2) is 4.48. The fourth-order valence-electron chi connectivity index (χ4n) is 3.22. The lowest BCUT2D eigenvalue weighted by molar-refractivity contribution is 0.343. The highest BCUT2D eigenvalue weighted by atomic mass is 35.5. The molecule has 1 aromatic carbocycles. The van der Waals surface area contributed by atoms with Crippen molar-refractivity contribution < 1.29 is 4.74 Å². The summed E-state index contributed by atoms with van der Waals surface area (Å²) in [5.41, 5.74) is 2.13. The van der Waals surface area contributed by atoms with Crippen molar-refractivity contribution in [3.8, 4) is 11.8 Å². The molecule has 0 unspecified atom stereocenters. The van der Waals surface area contributed by atoms with Gasteiger partial charge in [-0.2, -0.15) is 5.26 Å². The SMILES string of the molecule is N#CC1(Cc2cc(Cl)cc3c2OCC3)CCCC1. The Balaban J connectivity index is 1.96. The Morgan fingerprint density at radius 2 is 2.11 bits per heavy atom. The van der Waals surface area contributed by atoms with Gasteiger partial charge in [0.25, 0.3) is 0 Å². The number of rotatable bonds is 2. The average Bonchev–Trinajstić information content (AvgIpc) is 2.98. The van der Waals surface area contributed by atoms with Crippen LogP contribution >= 0.6 is 11.6 Å². The third kappa shape index (κ3) is 1.97. The van der Waals surface area contributed by atoms with Gasteiger partial charge < -0.3 is 4.74 Å². The van der Waals surface area contributed by atoms with E-state index in [2.05, 4.69) is 6.07 Å². The van der Waals surface area contributed by atoms with Crippen LogP contribution in [0.15, 0.2) is 12.1 Å². The van der Waals surface area contributed by atoms with Crippen LogP contribution in [0.25, 0.3) is 0 Å². The highest BCUT2D eigenvalue weighted by molar-refractivity contribution is 6.30. The smallest absolute Gasteiger partial charge is 0.125 e. The van der Waals surface area contributed by atoms with Crippen LogP contribution < -0.4 is 4.74 Å². The summed E-state index contributed by atoms with van der Waals surface area (Å²) in [6, 6.07) is 6.50. The van der Waals surface area contributed by atoms with E-state index in [4.69, 9.17) is 16.3 Å². The molecule has 1 heterocycles. The van der Waals surface area contributed by atoms with Gasteiger partial charge in [0.1, 0.15) is 5.75 Å². The zero-order chi connectivity index (χ0) is 12.6. The van der Waals surface area contributed by atoms with Gasteiger partial charge in [-0.15, -0.1) is 0 Å². The Bertz CT molecular complexity index is 512. The maximum atomic E-state index is 9.47. The standard InChI is InChI=1S/C15H16ClNO/c16-13-7-11-3-6-18-14(11)12(8-13)9-15(10-17)4-1-2-5-15/h7-8H,1-6,9H2. The van der Waals surface area contributed by atoms with Crippen LogP contribution in [0, 0.1) is 16.7 Å². The van der Waals surface area contributed by atoms with Gasteiger partial charge in [0.2, 0.25) is 0 Å². The Hall–Kier alpha value is -1.20. The molecule has 1 fully saturated rings. The van der Waals surface area contributed by atoms with Crippen LogP contribution in [0.4, 0.5) is 0 Å². The van der Waals surface area contributed by atoms with Crippen molar-refractivity contribution in [2.24, 2.45) is 5.41 Å². The molecule has 0 N–H and O–H groups in total. The lowest BCUT2D eigenvalue weighted by atomic mass is 9.81. The number of halogens is 1. The molecule has 94 valence electrons. The third-order valence-electron chi connectivity index (χ3n) is 4.15. The van der Waals surface area contributed by atoms with E-state index < -0.39 is 0 Å². The number of nitrogens with zero attached hydrogens (tertiary/aromatic N) is 1. The Morgan fingerprint density at radius 3 is 2.83 bits per heavy atom. The lowest BCUT2D eigenvalue weighted by Gasteiger charge is -2.21. The molecule has 1 aliphatic carbocycles. The van der Waals surface area contributed by atoms with E-state index in [-0.39, 0.29) is 5.41 Å². The molecule has 2 aliphatic rings. The van der Waals surface area contributed by atoms with Crippen LogP contribution in [0.3, 0.4) is 0 Å². The summed E-state index contributed by atoms with van der Waals surface area (Å²) in [5, 5.41) is 10.2. The van der Waals surface area contributed by atoms with E-state index in [1.165, 1.54) is 5.56 Å². The van der Waals surface area contributed by atoms with Gasteiger partial charge in [-0.05, 0) is 42.5 Å². The van der Waals surface area contributed by atoms with E-state index in [0.29, 0.717) is 0 Å². The molecule has 1 aliphatic heterocycles. The first-order chi connectivity index (χ1) is 8.72. The van der Waals surface area contributed by atoms with Crippen molar-refractivity contribution in [2.75, 3.05) is 6.61 Å². The highest BCUT2D eigenvalue weighted by Crippen LogP contribution is 2.44. The average molecular weight is 262 g/mol. The minimum atomic E-state index is -0.190. The summed E-state index contributed by atoms with van der Waals surface area (Å²) in [4.78, 5) is 0. The molecule has 0 saturated heterocycles. The van der Waals surface area contributed by atoms with E-state index in [1.54, 1.807) is 0 Å². The van der Waals surface area contributed by atoms with Gasteiger partial charge in [0.15, 0.2) is 0 Å². The van der Waals surface area contributed by atoms with Crippen molar-refractivity contribution in [3.05, 3.63) is 28.3 Å². The van der Waals surface area contributed by atoms with Gasteiger partial charge in [0.05, 0.1) is 18.1 Å². The van der Waals surface area contributed by atoms with E-state index in [9.17, 15) is 5.26 Å². The predicted octanol–water partition coefficient (Wildman–Crippen LogP) is 3.90. The minimum Gasteiger partial charge on any atom is -0.493 e. The number of hydrogen-bond donors (Lipinski definition) is 0. The minimum absolute atomic E-state index is 0.190. The maximum Gasteiger partial charge on any atom is 0.125 e. The molecule has 0 atom stereocenters. The summed E-state index contributed by atoms with van der Waals surface area (Å²) in [6.45, 7) is 0.738. The number of benzene rings is 1. The molecule has 1 aromatic rings. The Labute approximate surface area is 113 Å². The first kappa shape index (κ1) is 11.9. The Kier molecular flexibility index (Phi) is 2.95. The fraction of sp³-hybridized carbons (Fsp3) is 0.533. The number of ether oxygens (including phenoxy) is 1. The van der Waals surface area contributed by atoms with Crippen molar-refractivity contribution >= 4 is 11.6 Å². The van der Waals surface area contributed by atoms with Crippen molar-refractivity contribution in [3.63, 3.8) is 0 Å². The van der Waals surface area contributed by atoms with E-state index >= 15 is 0 Å². The first-order valence-corrected chi connectivity index (χ1v) is 6.96. The fourth-order valence-corrected chi connectivity index (χ4v) is 3.49. The number of hydrogen-bond acceptors (Lipinski definition) is 2. The number of nitriles is 1. The maximum absolute atomic E-state index is 9.47. The quantitative estimate of drug-likeness (QED) is 0.809. The Morgan fingerprint density at radius 1 is 1.33 bits per heavy atom. The van der Waals surface area contributed by atoms with Crippen molar-refractivity contribution in [1.82, 2.24) is 0 Å². The van der Waals surface area contributed by atoms with Crippen molar-refractivity contribution in [2.45, 2.75) is 38.5 Å². The van der Waals surface area contributed by atoms with E-state index in [1.807, 2.05) is 12.1 Å². The molecule has 0 aromatic heterocycles. The van der Waals surface area contributed by atoms with Crippen LogP contribution in [-0.2, 0) is 12.8 Å². The largest absolute Gasteiger partial charge is 0.493 e. The zero-order valence-corrected chi connectivity index (χ0v) is 11.1. The topological polar surface area (TPSA) is 33.0 Å². The molecule has 3 rings (SSSR count). The number of fused-ring (bicyclic) bond motifs is 1. The summed E-state index contributed by atoms with van der Waals surface area (Å²) in [6.07, 6.45) is 6.05. The molecule has 1 saturated carbocycles. The van der Waals surface area contributed by atoms with Gasteiger partial charge in [0, 0.05) is 11.4 Å². The highest BCUT2D eigenvalue weighted by Gasteiger charge is 2.35. The molecular weight excluding hydrogens is 246 g/mol. The second-order valence-electron chi connectivity index (χ2n) is 5.43. The van der Waals surface area contributed by atoms with Crippen LogP contribution in [0.5, 0.6) is 5.75 Å². The van der Waals surface area contributed by atoms with Gasteiger partial charge in [-0.1, -0.05) is 24.4 Å². The molecule has 18 heavy (non-hydrogen) atoms. The van der Waals surface area contributed by atoms with Gasteiger partial charge in [-0.3, -0.25) is 0 Å². The molecule has 0 amide bonds. The molecule has 3 heteroatoms. The van der Waals surface area contributed by atoms with Crippen LogP contribution in [-0.4, -0.2) is 6.61 Å². The normalized spacial score (nSPS) is 20.2. The molecule has 0 spiro atoms. The predicted molar refractivity (Wildman–Crippen MR) is 70.9 cm³/mol. The van der Waals surface area contributed by atoms with Crippen molar-refractivity contribution in [1.29, 1.82) is 5.26 Å². The summed E-state index contributed by atoms with van der Waals surface area (Å²) < 4.78 is 5.72. The summed E-state index contributed by atoms with van der Waals surface area (Å²) >= 11 is 6.16. The second-order valence-corrected chi connectivity index (χ2v) is 5.86. The summed E-state index contributed by atoms with van der Waals surface area (Å²) in [7, 11) is 0. The monoisotopic (exact) mass is 261 g/mol. The van der Waals surface area contributed by atoms with E-state index in [0.717, 1.165) is 61.5 Å². The zero-order valence-electron chi connectivity index (χ0n) is 10.3. The molecule has 0 radical (unpaired) electrons. The first-order valence-electron chi connectivity index (χ1n) is 6.58. The van der Waals surface area contributed by atoms with Crippen LogP contribution in [0.2, 0.25) is 5.02 Å². The third-order valence-corrected chi connectivity index (χ3v) is 4.37. The summed E-state index contributed by atoms with van der Waals surface area (Å²) in [5.74, 6) is 0.987. The van der Waals surface area contributed by atoms with Crippen LogP contribution in [0.1, 0.15) is 36.8 Å². The molecular formula is C15H16ClNO. The molecule has 2 nitrogen and oxygen atoms in total. The lowest BCUT2D eigenvalue weighted by Crippen LogP contribution is -2.17. The van der Waals surface area contributed by atoms with Gasteiger partial charge in [-0.25, -0.2) is 0 Å². The molecule has 0 bridgehead atoms.